The molecule has 5 heteroatoms. The maximum Gasteiger partial charge on any atom is 0.206 e. The van der Waals surface area contributed by atoms with Crippen LogP contribution in [0.1, 0.15) is 41.5 Å². The zero-order valence-corrected chi connectivity index (χ0v) is 16.7. The van der Waals surface area contributed by atoms with Gasteiger partial charge in [0.15, 0.2) is 0 Å². The first-order chi connectivity index (χ1) is 11.4. The molecule has 2 rings (SSSR count). The summed E-state index contributed by atoms with van der Waals surface area (Å²) in [6.07, 6.45) is 0. The third kappa shape index (κ3) is 5.49. The smallest absolute Gasteiger partial charge is 0.206 e. The highest BCUT2D eigenvalue weighted by atomic mass is 32.2. The molecule has 0 aliphatic carbocycles. The van der Waals surface area contributed by atoms with E-state index in [-0.39, 0.29) is 11.1 Å². The predicted molar refractivity (Wildman–Crippen MR) is 105 cm³/mol. The summed E-state index contributed by atoms with van der Waals surface area (Å²) >= 11 is 0. The van der Waals surface area contributed by atoms with E-state index in [4.69, 9.17) is 0 Å². The lowest BCUT2D eigenvalue weighted by Crippen LogP contribution is -2.26. The van der Waals surface area contributed by atoms with Crippen LogP contribution in [0.25, 0.3) is 0 Å². The Kier molecular flexibility index (Phi) is 5.19. The first kappa shape index (κ1) is 19.3. The molecular weight excluding hydrogens is 332 g/mol. The van der Waals surface area contributed by atoms with Gasteiger partial charge in [-0.15, -0.1) is 0 Å². The highest BCUT2D eigenvalue weighted by molar-refractivity contribution is 7.91. The molecule has 0 fully saturated rings. The molecule has 0 aromatic heterocycles. The fraction of sp³-hybridized carbons (Fsp3) is 0.400. The number of hydrogen-bond acceptors (Lipinski definition) is 4. The molecule has 136 valence electrons. The molecule has 0 spiro atoms. The van der Waals surface area contributed by atoms with Crippen LogP contribution in [0, 0.1) is 0 Å². The normalized spacial score (nSPS) is 12.7. The lowest BCUT2D eigenvalue weighted by Gasteiger charge is -2.22. The van der Waals surface area contributed by atoms with Gasteiger partial charge < -0.3 is 10.6 Å². The van der Waals surface area contributed by atoms with Crippen LogP contribution in [0.5, 0.6) is 0 Å². The summed E-state index contributed by atoms with van der Waals surface area (Å²) in [6, 6.07) is 13.8. The first-order valence-electron chi connectivity index (χ1n) is 8.38. The van der Waals surface area contributed by atoms with Gasteiger partial charge in [-0.05, 0) is 90.1 Å². The van der Waals surface area contributed by atoms with Crippen molar-refractivity contribution < 1.29 is 8.42 Å². The van der Waals surface area contributed by atoms with E-state index in [1.54, 1.807) is 48.5 Å². The van der Waals surface area contributed by atoms with Gasteiger partial charge in [0.05, 0.1) is 9.79 Å². The second-order valence-electron chi connectivity index (χ2n) is 8.30. The molecule has 0 saturated carbocycles. The van der Waals surface area contributed by atoms with Crippen LogP contribution in [0.3, 0.4) is 0 Å². The Morgan fingerprint density at radius 3 is 1.12 bits per heavy atom. The molecule has 0 radical (unpaired) electrons. The van der Waals surface area contributed by atoms with Crippen LogP contribution in [-0.4, -0.2) is 19.5 Å². The largest absolute Gasteiger partial charge is 0.380 e. The maximum atomic E-state index is 12.8. The highest BCUT2D eigenvalue weighted by Crippen LogP contribution is 2.25. The minimum absolute atomic E-state index is 0.0731. The van der Waals surface area contributed by atoms with Crippen molar-refractivity contribution in [2.75, 3.05) is 10.6 Å². The SMILES string of the molecule is CC(C)(C)Nc1ccc(S(=O)(=O)c2ccc(NC(C)(C)C)cc2)cc1. The van der Waals surface area contributed by atoms with Crippen molar-refractivity contribution in [3.05, 3.63) is 48.5 Å². The zero-order chi connectivity index (χ0) is 18.9. The van der Waals surface area contributed by atoms with Crippen LogP contribution in [0.4, 0.5) is 11.4 Å². The summed E-state index contributed by atoms with van der Waals surface area (Å²) in [5, 5.41) is 6.65. The molecule has 2 N–H and O–H groups in total. The molecular formula is C20H28N2O2S. The Hall–Kier alpha value is -2.01. The lowest BCUT2D eigenvalue weighted by molar-refractivity contribution is 0.596. The van der Waals surface area contributed by atoms with Crippen molar-refractivity contribution in [2.45, 2.75) is 62.4 Å². The van der Waals surface area contributed by atoms with Crippen LogP contribution < -0.4 is 10.6 Å². The number of rotatable bonds is 4. The van der Waals surface area contributed by atoms with Crippen molar-refractivity contribution in [3.63, 3.8) is 0 Å². The molecule has 2 aromatic rings. The minimum Gasteiger partial charge on any atom is -0.380 e. The van der Waals surface area contributed by atoms with Crippen molar-refractivity contribution in [1.29, 1.82) is 0 Å². The Morgan fingerprint density at radius 1 is 0.600 bits per heavy atom. The molecule has 0 aliphatic heterocycles. The monoisotopic (exact) mass is 360 g/mol. The van der Waals surface area contributed by atoms with Gasteiger partial charge in [-0.25, -0.2) is 8.42 Å². The predicted octanol–water partition coefficient (Wildman–Crippen LogP) is 4.94. The van der Waals surface area contributed by atoms with Crippen molar-refractivity contribution >= 4 is 21.2 Å². The summed E-state index contributed by atoms with van der Waals surface area (Å²) in [5.41, 5.74) is 1.65. The Morgan fingerprint density at radius 2 is 0.880 bits per heavy atom. The zero-order valence-electron chi connectivity index (χ0n) is 15.8. The van der Waals surface area contributed by atoms with Crippen molar-refractivity contribution in [1.82, 2.24) is 0 Å². The second kappa shape index (κ2) is 6.71. The van der Waals surface area contributed by atoms with E-state index in [0.717, 1.165) is 11.4 Å². The van der Waals surface area contributed by atoms with Gasteiger partial charge in [0.2, 0.25) is 9.84 Å². The third-order valence-corrected chi connectivity index (χ3v) is 5.15. The third-order valence-electron chi connectivity index (χ3n) is 3.37. The molecule has 0 aliphatic rings. The van der Waals surface area contributed by atoms with Gasteiger partial charge in [-0.3, -0.25) is 0 Å². The summed E-state index contributed by atoms with van der Waals surface area (Å²) in [6.45, 7) is 12.4. The molecule has 2 aromatic carbocycles. The number of anilines is 2. The molecule has 4 nitrogen and oxygen atoms in total. The molecule has 25 heavy (non-hydrogen) atoms. The number of sulfone groups is 1. The van der Waals surface area contributed by atoms with E-state index in [1.807, 2.05) is 0 Å². The summed E-state index contributed by atoms with van der Waals surface area (Å²) < 4.78 is 25.6. The Labute approximate surface area is 151 Å². The van der Waals surface area contributed by atoms with E-state index in [9.17, 15) is 8.42 Å². The van der Waals surface area contributed by atoms with E-state index in [0.29, 0.717) is 9.79 Å². The average Bonchev–Trinajstić information content (AvgIpc) is 2.45. The van der Waals surface area contributed by atoms with E-state index >= 15 is 0 Å². The van der Waals surface area contributed by atoms with Gasteiger partial charge in [-0.1, -0.05) is 0 Å². The summed E-state index contributed by atoms with van der Waals surface area (Å²) in [7, 11) is -3.52. The van der Waals surface area contributed by atoms with Crippen LogP contribution in [0.2, 0.25) is 0 Å². The molecule has 0 atom stereocenters. The standard InChI is InChI=1S/C20H28N2O2S/c1-19(2,3)21-15-7-11-17(12-8-15)25(23,24)18-13-9-16(10-14-18)22-20(4,5)6/h7-14,21-22H,1-6H3. The van der Waals surface area contributed by atoms with Crippen LogP contribution in [0.15, 0.2) is 58.3 Å². The fourth-order valence-corrected chi connectivity index (χ4v) is 3.70. The fourth-order valence-electron chi connectivity index (χ4n) is 2.44. The molecule has 0 saturated heterocycles. The number of benzene rings is 2. The van der Waals surface area contributed by atoms with E-state index < -0.39 is 9.84 Å². The Bertz CT molecular complexity index is 744. The quantitative estimate of drug-likeness (QED) is 0.811. The lowest BCUT2D eigenvalue weighted by atomic mass is 10.1. The topological polar surface area (TPSA) is 58.2 Å². The van der Waals surface area contributed by atoms with Crippen LogP contribution in [-0.2, 0) is 9.84 Å². The Balaban J connectivity index is 2.23. The molecule has 0 unspecified atom stereocenters. The van der Waals surface area contributed by atoms with Gasteiger partial charge in [0, 0.05) is 22.5 Å². The van der Waals surface area contributed by atoms with Gasteiger partial charge in [0.1, 0.15) is 0 Å². The van der Waals surface area contributed by atoms with Gasteiger partial charge >= 0.3 is 0 Å². The summed E-state index contributed by atoms with van der Waals surface area (Å²) in [4.78, 5) is 0.590. The minimum atomic E-state index is -3.52. The molecule has 0 bridgehead atoms. The maximum absolute atomic E-state index is 12.8. The van der Waals surface area contributed by atoms with E-state index in [2.05, 4.69) is 52.2 Å². The molecule has 0 heterocycles. The average molecular weight is 361 g/mol. The highest BCUT2D eigenvalue weighted by Gasteiger charge is 2.18. The molecule has 0 amide bonds. The van der Waals surface area contributed by atoms with Crippen molar-refractivity contribution in [3.8, 4) is 0 Å². The summed E-state index contributed by atoms with van der Waals surface area (Å²) in [5.74, 6) is 0. The number of nitrogens with one attached hydrogen (secondary N) is 2. The van der Waals surface area contributed by atoms with Gasteiger partial charge in [0.25, 0.3) is 0 Å². The van der Waals surface area contributed by atoms with E-state index in [1.165, 1.54) is 0 Å². The first-order valence-corrected chi connectivity index (χ1v) is 9.87. The number of hydrogen-bond donors (Lipinski definition) is 2. The van der Waals surface area contributed by atoms with Crippen LogP contribution >= 0.6 is 0 Å². The van der Waals surface area contributed by atoms with Gasteiger partial charge in [-0.2, -0.15) is 0 Å². The second-order valence-corrected chi connectivity index (χ2v) is 10.3. The van der Waals surface area contributed by atoms with Crippen molar-refractivity contribution in [2.24, 2.45) is 0 Å².